The van der Waals surface area contributed by atoms with Crippen LogP contribution < -0.4 is 11.3 Å². The van der Waals surface area contributed by atoms with Gasteiger partial charge in [0.2, 0.25) is 0 Å². The van der Waals surface area contributed by atoms with Gasteiger partial charge in [0.25, 0.3) is 0 Å². The van der Waals surface area contributed by atoms with E-state index in [1.165, 1.54) is 11.1 Å². The van der Waals surface area contributed by atoms with Crippen LogP contribution in [-0.4, -0.2) is 0 Å². The summed E-state index contributed by atoms with van der Waals surface area (Å²) in [5.41, 5.74) is 5.68. The lowest BCUT2D eigenvalue weighted by atomic mass is 9.87. The molecule has 0 saturated heterocycles. The van der Waals surface area contributed by atoms with Crippen LogP contribution >= 0.6 is 0 Å². The van der Waals surface area contributed by atoms with Crippen molar-refractivity contribution in [3.63, 3.8) is 0 Å². The number of hydrazine groups is 1. The fourth-order valence-corrected chi connectivity index (χ4v) is 2.76. The van der Waals surface area contributed by atoms with Gasteiger partial charge in [-0.15, -0.1) is 0 Å². The molecule has 0 spiro atoms. The Kier molecular flexibility index (Phi) is 1.97. The third-order valence-electron chi connectivity index (χ3n) is 3.43. The molecular formula is C13H14N2. The van der Waals surface area contributed by atoms with E-state index < -0.39 is 0 Å². The summed E-state index contributed by atoms with van der Waals surface area (Å²) in [6.45, 7) is 0. The van der Waals surface area contributed by atoms with Gasteiger partial charge in [-0.05, 0) is 11.1 Å². The maximum Gasteiger partial charge on any atom is 0.0534 e. The van der Waals surface area contributed by atoms with Crippen molar-refractivity contribution in [2.75, 3.05) is 0 Å². The molecule has 2 aliphatic rings. The van der Waals surface area contributed by atoms with Gasteiger partial charge >= 0.3 is 0 Å². The average Bonchev–Trinajstić information content (AvgIpc) is 2.63. The van der Waals surface area contributed by atoms with Crippen molar-refractivity contribution in [1.29, 1.82) is 0 Å². The van der Waals surface area contributed by atoms with E-state index in [0.717, 1.165) is 0 Å². The summed E-state index contributed by atoms with van der Waals surface area (Å²) in [5.74, 6) is 6.61. The minimum atomic E-state index is 0.257. The van der Waals surface area contributed by atoms with E-state index in [9.17, 15) is 0 Å². The predicted octanol–water partition coefficient (Wildman–Crippen LogP) is 2.03. The summed E-state index contributed by atoms with van der Waals surface area (Å²) < 4.78 is 0. The SMILES string of the molecule is NNC1c2ccccc2C2C=CC=C[C@@H]21. The van der Waals surface area contributed by atoms with Gasteiger partial charge in [0.1, 0.15) is 0 Å². The highest BCUT2D eigenvalue weighted by atomic mass is 15.2. The van der Waals surface area contributed by atoms with Crippen LogP contribution in [0.2, 0.25) is 0 Å². The van der Waals surface area contributed by atoms with Crippen LogP contribution in [0, 0.1) is 5.92 Å². The van der Waals surface area contributed by atoms with Gasteiger partial charge in [0.05, 0.1) is 6.04 Å². The van der Waals surface area contributed by atoms with E-state index in [1.54, 1.807) is 0 Å². The number of hydrogen-bond acceptors (Lipinski definition) is 2. The lowest BCUT2D eigenvalue weighted by Crippen LogP contribution is -2.31. The maximum atomic E-state index is 5.65. The van der Waals surface area contributed by atoms with Crippen LogP contribution in [0.4, 0.5) is 0 Å². The molecule has 0 fully saturated rings. The highest BCUT2D eigenvalue weighted by Crippen LogP contribution is 2.47. The number of nitrogens with two attached hydrogens (primary N) is 1. The Hall–Kier alpha value is -1.38. The Labute approximate surface area is 89.5 Å². The van der Waals surface area contributed by atoms with E-state index >= 15 is 0 Å². The molecular weight excluding hydrogens is 184 g/mol. The molecule has 76 valence electrons. The second-order valence-corrected chi connectivity index (χ2v) is 4.15. The second kappa shape index (κ2) is 3.33. The largest absolute Gasteiger partial charge is 0.271 e. The van der Waals surface area contributed by atoms with Gasteiger partial charge in [-0.25, -0.2) is 0 Å². The van der Waals surface area contributed by atoms with Crippen molar-refractivity contribution < 1.29 is 0 Å². The number of benzene rings is 1. The second-order valence-electron chi connectivity index (χ2n) is 4.15. The third kappa shape index (κ3) is 1.19. The number of rotatable bonds is 1. The number of nitrogens with one attached hydrogen (secondary N) is 1. The first-order valence-electron chi connectivity index (χ1n) is 5.32. The topological polar surface area (TPSA) is 38.0 Å². The first kappa shape index (κ1) is 8.89. The van der Waals surface area contributed by atoms with Crippen molar-refractivity contribution in [1.82, 2.24) is 5.43 Å². The lowest BCUT2D eigenvalue weighted by Gasteiger charge is -2.21. The van der Waals surface area contributed by atoms with Crippen molar-refractivity contribution >= 4 is 0 Å². The first-order valence-corrected chi connectivity index (χ1v) is 5.32. The summed E-state index contributed by atoms with van der Waals surface area (Å²) in [6, 6.07) is 8.80. The summed E-state index contributed by atoms with van der Waals surface area (Å²) >= 11 is 0. The van der Waals surface area contributed by atoms with Crippen molar-refractivity contribution in [2.24, 2.45) is 11.8 Å². The molecule has 2 aliphatic carbocycles. The smallest absolute Gasteiger partial charge is 0.0534 e. The molecule has 1 aromatic rings. The van der Waals surface area contributed by atoms with Crippen LogP contribution in [0.25, 0.3) is 0 Å². The molecule has 0 aliphatic heterocycles. The molecule has 2 heteroatoms. The van der Waals surface area contributed by atoms with E-state index in [1.807, 2.05) is 0 Å². The van der Waals surface area contributed by atoms with Crippen LogP contribution in [0.5, 0.6) is 0 Å². The molecule has 0 aromatic heterocycles. The zero-order valence-electron chi connectivity index (χ0n) is 8.43. The van der Waals surface area contributed by atoms with Gasteiger partial charge in [0, 0.05) is 11.8 Å². The van der Waals surface area contributed by atoms with E-state index in [-0.39, 0.29) is 6.04 Å². The maximum absolute atomic E-state index is 5.65. The third-order valence-corrected chi connectivity index (χ3v) is 3.43. The molecule has 0 amide bonds. The fraction of sp³-hybridized carbons (Fsp3) is 0.231. The molecule has 3 atom stereocenters. The van der Waals surface area contributed by atoms with Gasteiger partial charge in [-0.1, -0.05) is 48.6 Å². The predicted molar refractivity (Wildman–Crippen MR) is 61.0 cm³/mol. The molecule has 0 bridgehead atoms. The van der Waals surface area contributed by atoms with Crippen molar-refractivity contribution in [3.05, 3.63) is 59.7 Å². The molecule has 2 unspecified atom stereocenters. The zero-order valence-corrected chi connectivity index (χ0v) is 8.43. The van der Waals surface area contributed by atoms with Gasteiger partial charge in [0.15, 0.2) is 0 Å². The van der Waals surface area contributed by atoms with Gasteiger partial charge < -0.3 is 0 Å². The molecule has 3 N–H and O–H groups in total. The van der Waals surface area contributed by atoms with Crippen LogP contribution in [0.1, 0.15) is 23.1 Å². The summed E-state index contributed by atoms with van der Waals surface area (Å²) in [7, 11) is 0. The van der Waals surface area contributed by atoms with Gasteiger partial charge in [-0.3, -0.25) is 11.3 Å². The summed E-state index contributed by atoms with van der Waals surface area (Å²) in [6.07, 6.45) is 8.74. The molecule has 1 aromatic carbocycles. The van der Waals surface area contributed by atoms with Crippen molar-refractivity contribution in [3.8, 4) is 0 Å². The fourth-order valence-electron chi connectivity index (χ4n) is 2.76. The molecule has 3 rings (SSSR count). The van der Waals surface area contributed by atoms with E-state index in [4.69, 9.17) is 5.84 Å². The normalized spacial score (nSPS) is 31.4. The molecule has 15 heavy (non-hydrogen) atoms. The van der Waals surface area contributed by atoms with E-state index in [2.05, 4.69) is 54.0 Å². The summed E-state index contributed by atoms with van der Waals surface area (Å²) in [5, 5.41) is 0. The quantitative estimate of drug-likeness (QED) is 0.535. The monoisotopic (exact) mass is 198 g/mol. The minimum Gasteiger partial charge on any atom is -0.271 e. The Balaban J connectivity index is 2.14. The Morgan fingerprint density at radius 3 is 2.53 bits per heavy atom. The van der Waals surface area contributed by atoms with Crippen LogP contribution in [0.15, 0.2) is 48.6 Å². The molecule has 2 nitrogen and oxygen atoms in total. The highest BCUT2D eigenvalue weighted by molar-refractivity contribution is 5.45. The highest BCUT2D eigenvalue weighted by Gasteiger charge is 2.37. The number of allylic oxidation sites excluding steroid dienone is 3. The Bertz CT molecular complexity index is 434. The zero-order chi connectivity index (χ0) is 10.3. The number of hydrogen-bond donors (Lipinski definition) is 2. The molecule has 0 radical (unpaired) electrons. The van der Waals surface area contributed by atoms with Gasteiger partial charge in [-0.2, -0.15) is 0 Å². The minimum absolute atomic E-state index is 0.257. The average molecular weight is 198 g/mol. The molecule has 0 saturated carbocycles. The van der Waals surface area contributed by atoms with E-state index in [0.29, 0.717) is 11.8 Å². The Morgan fingerprint density at radius 2 is 1.73 bits per heavy atom. The Morgan fingerprint density at radius 1 is 1.00 bits per heavy atom. The molecule has 0 heterocycles. The number of fused-ring (bicyclic) bond motifs is 3. The van der Waals surface area contributed by atoms with Crippen LogP contribution in [-0.2, 0) is 0 Å². The van der Waals surface area contributed by atoms with Crippen molar-refractivity contribution in [2.45, 2.75) is 12.0 Å². The standard InChI is InChI=1S/C13H14N2/c14-15-13-11-7-3-1-5-9(11)10-6-2-4-8-12(10)13/h1-9,11,13,15H,14H2/t9?,11-,13?/m0/s1. The first-order chi connectivity index (χ1) is 7.42. The summed E-state index contributed by atoms with van der Waals surface area (Å²) in [4.78, 5) is 0. The lowest BCUT2D eigenvalue weighted by molar-refractivity contribution is 0.438. The van der Waals surface area contributed by atoms with Crippen LogP contribution in [0.3, 0.4) is 0 Å².